The lowest BCUT2D eigenvalue weighted by atomic mass is 10.2. The fourth-order valence-corrected chi connectivity index (χ4v) is 2.29. The van der Waals surface area contributed by atoms with Crippen LogP contribution in [0.25, 0.3) is 6.08 Å². The monoisotopic (exact) mass is 258 g/mol. The number of likely N-dealkylation sites (N-methyl/N-ethyl adjacent to an activating group) is 1. The van der Waals surface area contributed by atoms with E-state index in [1.807, 2.05) is 30.1 Å². The van der Waals surface area contributed by atoms with E-state index in [9.17, 15) is 4.79 Å². The molecular formula is C16H22N2O. The number of amides is 1. The molecule has 0 atom stereocenters. The van der Waals surface area contributed by atoms with Crippen LogP contribution in [0.3, 0.4) is 0 Å². The van der Waals surface area contributed by atoms with Gasteiger partial charge in [-0.15, -0.1) is 0 Å². The summed E-state index contributed by atoms with van der Waals surface area (Å²) in [5.41, 5.74) is 1.20. The quantitative estimate of drug-likeness (QED) is 0.809. The van der Waals surface area contributed by atoms with Crippen molar-refractivity contribution in [3.8, 4) is 0 Å². The van der Waals surface area contributed by atoms with Crippen LogP contribution in [0.1, 0.15) is 18.4 Å². The Labute approximate surface area is 115 Å². The molecule has 0 aliphatic carbocycles. The summed E-state index contributed by atoms with van der Waals surface area (Å²) in [5, 5.41) is 0. The SMILES string of the molecule is CN(C/C=C/c1ccccc1)CC(=O)N1CCCC1. The zero-order chi connectivity index (χ0) is 13.5. The maximum Gasteiger partial charge on any atom is 0.236 e. The molecule has 1 aliphatic heterocycles. The van der Waals surface area contributed by atoms with Gasteiger partial charge < -0.3 is 4.90 Å². The molecule has 2 rings (SSSR count). The van der Waals surface area contributed by atoms with E-state index in [2.05, 4.69) is 29.2 Å². The first-order valence-corrected chi connectivity index (χ1v) is 6.93. The van der Waals surface area contributed by atoms with Gasteiger partial charge in [-0.1, -0.05) is 42.5 Å². The summed E-state index contributed by atoms with van der Waals surface area (Å²) >= 11 is 0. The van der Waals surface area contributed by atoms with Crippen molar-refractivity contribution in [2.45, 2.75) is 12.8 Å². The Balaban J connectivity index is 1.73. The average molecular weight is 258 g/mol. The summed E-state index contributed by atoms with van der Waals surface area (Å²) in [6, 6.07) is 10.2. The van der Waals surface area contributed by atoms with E-state index >= 15 is 0 Å². The predicted octanol–water partition coefficient (Wildman–Crippen LogP) is 2.25. The van der Waals surface area contributed by atoms with E-state index < -0.39 is 0 Å². The molecule has 1 saturated heterocycles. The second-order valence-electron chi connectivity index (χ2n) is 5.10. The molecule has 19 heavy (non-hydrogen) atoms. The highest BCUT2D eigenvalue weighted by molar-refractivity contribution is 5.78. The minimum Gasteiger partial charge on any atom is -0.342 e. The standard InChI is InChI=1S/C16H22N2O/c1-17(14-16(19)18-12-5-6-13-18)11-7-10-15-8-3-2-4-9-15/h2-4,7-10H,5-6,11-14H2,1H3/b10-7+. The molecule has 0 radical (unpaired) electrons. The van der Waals surface area contributed by atoms with Gasteiger partial charge in [-0.25, -0.2) is 0 Å². The lowest BCUT2D eigenvalue weighted by molar-refractivity contribution is -0.130. The highest BCUT2D eigenvalue weighted by Crippen LogP contribution is 2.07. The number of carbonyl (C=O) groups is 1. The zero-order valence-corrected chi connectivity index (χ0v) is 11.6. The van der Waals surface area contributed by atoms with Crippen molar-refractivity contribution in [2.75, 3.05) is 33.2 Å². The molecule has 1 amide bonds. The molecule has 0 spiro atoms. The number of rotatable bonds is 5. The molecule has 0 saturated carbocycles. The molecule has 3 nitrogen and oxygen atoms in total. The maximum atomic E-state index is 11.9. The Morgan fingerprint density at radius 2 is 1.95 bits per heavy atom. The van der Waals surface area contributed by atoms with Gasteiger partial charge in [0.05, 0.1) is 6.54 Å². The molecule has 0 unspecified atom stereocenters. The van der Waals surface area contributed by atoms with E-state index in [0.717, 1.165) is 32.5 Å². The van der Waals surface area contributed by atoms with Crippen molar-refractivity contribution in [3.05, 3.63) is 42.0 Å². The Kier molecular flexibility index (Phi) is 5.16. The Hall–Kier alpha value is -1.61. The number of benzene rings is 1. The fraction of sp³-hybridized carbons (Fsp3) is 0.438. The maximum absolute atomic E-state index is 11.9. The van der Waals surface area contributed by atoms with Crippen molar-refractivity contribution in [1.29, 1.82) is 0 Å². The molecule has 1 heterocycles. The third-order valence-electron chi connectivity index (χ3n) is 3.39. The van der Waals surface area contributed by atoms with Crippen LogP contribution in [0.2, 0.25) is 0 Å². The van der Waals surface area contributed by atoms with Gasteiger partial charge in [0.15, 0.2) is 0 Å². The number of likely N-dealkylation sites (tertiary alicyclic amines) is 1. The highest BCUT2D eigenvalue weighted by atomic mass is 16.2. The summed E-state index contributed by atoms with van der Waals surface area (Å²) in [4.78, 5) is 16.0. The van der Waals surface area contributed by atoms with Gasteiger partial charge in [0.25, 0.3) is 0 Å². The third-order valence-corrected chi connectivity index (χ3v) is 3.39. The van der Waals surface area contributed by atoms with Crippen LogP contribution in [0.5, 0.6) is 0 Å². The lowest BCUT2D eigenvalue weighted by Gasteiger charge is -2.19. The van der Waals surface area contributed by atoms with E-state index in [0.29, 0.717) is 6.54 Å². The topological polar surface area (TPSA) is 23.6 Å². The van der Waals surface area contributed by atoms with Gasteiger partial charge in [-0.2, -0.15) is 0 Å². The lowest BCUT2D eigenvalue weighted by Crippen LogP contribution is -2.37. The van der Waals surface area contributed by atoms with E-state index in [-0.39, 0.29) is 5.91 Å². The summed E-state index contributed by atoms with van der Waals surface area (Å²) in [7, 11) is 1.99. The number of nitrogens with zero attached hydrogens (tertiary/aromatic N) is 2. The van der Waals surface area contributed by atoms with Crippen molar-refractivity contribution >= 4 is 12.0 Å². The molecule has 0 aromatic heterocycles. The van der Waals surface area contributed by atoms with Crippen molar-refractivity contribution in [3.63, 3.8) is 0 Å². The van der Waals surface area contributed by atoms with Gasteiger partial charge in [0, 0.05) is 19.6 Å². The molecular weight excluding hydrogens is 236 g/mol. The van der Waals surface area contributed by atoms with Crippen molar-refractivity contribution in [1.82, 2.24) is 9.80 Å². The minimum atomic E-state index is 0.258. The van der Waals surface area contributed by atoms with Crippen molar-refractivity contribution < 1.29 is 4.79 Å². The number of carbonyl (C=O) groups excluding carboxylic acids is 1. The second-order valence-corrected chi connectivity index (χ2v) is 5.10. The predicted molar refractivity (Wildman–Crippen MR) is 78.8 cm³/mol. The molecule has 1 aromatic carbocycles. The Bertz CT molecular complexity index is 422. The van der Waals surface area contributed by atoms with Crippen molar-refractivity contribution in [2.24, 2.45) is 0 Å². The van der Waals surface area contributed by atoms with Gasteiger partial charge in [-0.05, 0) is 25.5 Å². The van der Waals surface area contributed by atoms with E-state index in [1.54, 1.807) is 0 Å². The largest absolute Gasteiger partial charge is 0.342 e. The Morgan fingerprint density at radius 3 is 2.63 bits per heavy atom. The molecule has 1 aliphatic rings. The summed E-state index contributed by atoms with van der Waals surface area (Å²) < 4.78 is 0. The van der Waals surface area contributed by atoms with Crippen LogP contribution in [0, 0.1) is 0 Å². The molecule has 1 aromatic rings. The van der Waals surface area contributed by atoms with Crippen LogP contribution >= 0.6 is 0 Å². The third kappa shape index (κ3) is 4.52. The first kappa shape index (κ1) is 13.8. The van der Waals surface area contributed by atoms with Crippen LogP contribution < -0.4 is 0 Å². The fourth-order valence-electron chi connectivity index (χ4n) is 2.29. The van der Waals surface area contributed by atoms with Gasteiger partial charge >= 0.3 is 0 Å². The minimum absolute atomic E-state index is 0.258. The summed E-state index contributed by atoms with van der Waals surface area (Å²) in [6.45, 7) is 3.19. The number of hydrogen-bond donors (Lipinski definition) is 0. The molecule has 102 valence electrons. The smallest absolute Gasteiger partial charge is 0.236 e. The zero-order valence-electron chi connectivity index (χ0n) is 11.6. The Morgan fingerprint density at radius 1 is 1.26 bits per heavy atom. The van der Waals surface area contributed by atoms with Crippen LogP contribution in [0.4, 0.5) is 0 Å². The molecule has 0 N–H and O–H groups in total. The van der Waals surface area contributed by atoms with Crippen LogP contribution in [-0.2, 0) is 4.79 Å². The van der Waals surface area contributed by atoms with E-state index in [1.165, 1.54) is 5.56 Å². The summed E-state index contributed by atoms with van der Waals surface area (Å²) in [5.74, 6) is 0.258. The molecule has 1 fully saturated rings. The average Bonchev–Trinajstić information content (AvgIpc) is 2.94. The van der Waals surface area contributed by atoms with Gasteiger partial charge in [-0.3, -0.25) is 9.69 Å². The highest BCUT2D eigenvalue weighted by Gasteiger charge is 2.18. The first-order chi connectivity index (χ1) is 9.25. The normalized spacial score (nSPS) is 15.6. The van der Waals surface area contributed by atoms with E-state index in [4.69, 9.17) is 0 Å². The van der Waals surface area contributed by atoms with Gasteiger partial charge in [0.1, 0.15) is 0 Å². The second kappa shape index (κ2) is 7.10. The van der Waals surface area contributed by atoms with Crippen LogP contribution in [-0.4, -0.2) is 48.9 Å². The summed E-state index contributed by atoms with van der Waals surface area (Å²) in [6.07, 6.45) is 6.51. The molecule has 0 bridgehead atoms. The molecule has 3 heteroatoms. The number of hydrogen-bond acceptors (Lipinski definition) is 2. The van der Waals surface area contributed by atoms with Gasteiger partial charge in [0.2, 0.25) is 5.91 Å². The first-order valence-electron chi connectivity index (χ1n) is 6.93. The van der Waals surface area contributed by atoms with Crippen LogP contribution in [0.15, 0.2) is 36.4 Å².